The summed E-state index contributed by atoms with van der Waals surface area (Å²) in [5, 5.41) is 3.07. The van der Waals surface area contributed by atoms with Crippen LogP contribution in [0.4, 0.5) is 0 Å². The Balaban J connectivity index is 2.42. The van der Waals surface area contributed by atoms with Crippen LogP contribution < -0.4 is 0 Å². The van der Waals surface area contributed by atoms with E-state index in [0.29, 0.717) is 17.7 Å². The molecule has 2 aromatic rings. The summed E-state index contributed by atoms with van der Waals surface area (Å²) in [6, 6.07) is 18.1. The van der Waals surface area contributed by atoms with E-state index in [1.165, 1.54) is 5.01 Å². The van der Waals surface area contributed by atoms with Gasteiger partial charge in [0.2, 0.25) is 0 Å². The monoisotopic (exact) mass is 324 g/mol. The summed E-state index contributed by atoms with van der Waals surface area (Å²) in [5.74, 6) is -0.369. The zero-order chi connectivity index (χ0) is 17.7. The van der Waals surface area contributed by atoms with Crippen LogP contribution in [-0.2, 0) is 0 Å². The highest BCUT2D eigenvalue weighted by atomic mass is 16.2. The summed E-state index contributed by atoms with van der Waals surface area (Å²) in [7, 11) is 0. The highest BCUT2D eigenvalue weighted by Crippen LogP contribution is 2.22. The SMILES string of the molecule is CCN(C(=O)c1ccccc1)N(C(=O)c1ccccc1)C(C)(C)C. The van der Waals surface area contributed by atoms with Crippen molar-refractivity contribution >= 4 is 11.8 Å². The van der Waals surface area contributed by atoms with Crippen LogP contribution in [-0.4, -0.2) is 33.9 Å². The van der Waals surface area contributed by atoms with Crippen LogP contribution in [0.2, 0.25) is 0 Å². The second-order valence-electron chi connectivity index (χ2n) is 6.54. The Morgan fingerprint density at radius 1 is 0.792 bits per heavy atom. The van der Waals surface area contributed by atoms with E-state index in [4.69, 9.17) is 0 Å². The molecule has 0 bridgehead atoms. The molecule has 2 rings (SSSR count). The normalized spacial score (nSPS) is 11.0. The molecule has 2 aromatic carbocycles. The van der Waals surface area contributed by atoms with Crippen molar-refractivity contribution < 1.29 is 9.59 Å². The molecule has 4 nitrogen and oxygen atoms in total. The second kappa shape index (κ2) is 7.30. The summed E-state index contributed by atoms with van der Waals surface area (Å²) in [6.45, 7) is 8.06. The quantitative estimate of drug-likeness (QED) is 0.801. The molecular weight excluding hydrogens is 300 g/mol. The molecule has 126 valence electrons. The lowest BCUT2D eigenvalue weighted by Crippen LogP contribution is -2.58. The maximum atomic E-state index is 13.1. The fourth-order valence-electron chi connectivity index (χ4n) is 2.59. The van der Waals surface area contributed by atoms with Crippen molar-refractivity contribution in [1.82, 2.24) is 10.0 Å². The molecular formula is C20H24N2O2. The van der Waals surface area contributed by atoms with Crippen LogP contribution in [0.1, 0.15) is 48.4 Å². The molecule has 0 heterocycles. The van der Waals surface area contributed by atoms with Crippen LogP contribution in [0.25, 0.3) is 0 Å². The molecule has 0 aliphatic rings. The van der Waals surface area contributed by atoms with E-state index < -0.39 is 5.54 Å². The fourth-order valence-corrected chi connectivity index (χ4v) is 2.59. The number of rotatable bonds is 3. The molecule has 0 saturated heterocycles. The van der Waals surface area contributed by atoms with Gasteiger partial charge in [-0.1, -0.05) is 36.4 Å². The van der Waals surface area contributed by atoms with E-state index in [0.717, 1.165) is 0 Å². The van der Waals surface area contributed by atoms with Gasteiger partial charge < -0.3 is 0 Å². The lowest BCUT2D eigenvalue weighted by Gasteiger charge is -2.43. The molecule has 24 heavy (non-hydrogen) atoms. The van der Waals surface area contributed by atoms with Gasteiger partial charge in [-0.25, -0.2) is 10.0 Å². The number of hydrogen-bond acceptors (Lipinski definition) is 2. The smallest absolute Gasteiger partial charge is 0.267 e. The first kappa shape index (κ1) is 17.7. The molecule has 0 unspecified atom stereocenters. The van der Waals surface area contributed by atoms with Crippen LogP contribution >= 0.6 is 0 Å². The Morgan fingerprint density at radius 2 is 1.21 bits per heavy atom. The average Bonchev–Trinajstić information content (AvgIpc) is 2.59. The van der Waals surface area contributed by atoms with E-state index in [1.54, 1.807) is 29.3 Å². The molecule has 0 N–H and O–H groups in total. The third-order valence-corrected chi connectivity index (χ3v) is 3.64. The van der Waals surface area contributed by atoms with Gasteiger partial charge in [0.25, 0.3) is 11.8 Å². The van der Waals surface area contributed by atoms with Gasteiger partial charge in [0.05, 0.1) is 5.54 Å². The van der Waals surface area contributed by atoms with Crippen molar-refractivity contribution in [2.24, 2.45) is 0 Å². The predicted octanol–water partition coefficient (Wildman–Crippen LogP) is 4.00. The molecule has 0 atom stereocenters. The largest absolute Gasteiger partial charge is 0.272 e. The lowest BCUT2D eigenvalue weighted by molar-refractivity contribution is -0.0410. The minimum atomic E-state index is -0.534. The van der Waals surface area contributed by atoms with E-state index in [1.807, 2.05) is 64.1 Å². The summed E-state index contributed by atoms with van der Waals surface area (Å²) in [4.78, 5) is 26.0. The molecule has 0 spiro atoms. The Bertz CT molecular complexity index is 691. The summed E-state index contributed by atoms with van der Waals surface area (Å²) >= 11 is 0. The van der Waals surface area contributed by atoms with E-state index in [9.17, 15) is 9.59 Å². The topological polar surface area (TPSA) is 40.6 Å². The number of hydrazine groups is 1. The van der Waals surface area contributed by atoms with Crippen molar-refractivity contribution in [3.8, 4) is 0 Å². The van der Waals surface area contributed by atoms with E-state index in [2.05, 4.69) is 0 Å². The first-order valence-electron chi connectivity index (χ1n) is 8.12. The molecule has 0 aliphatic heterocycles. The first-order chi connectivity index (χ1) is 11.4. The third-order valence-electron chi connectivity index (χ3n) is 3.64. The standard InChI is InChI=1S/C20H24N2O2/c1-5-21(18(23)16-12-8-6-9-13-16)22(20(2,3)4)19(24)17-14-10-7-11-15-17/h6-15H,5H2,1-4H3. The highest BCUT2D eigenvalue weighted by Gasteiger charge is 2.35. The summed E-state index contributed by atoms with van der Waals surface area (Å²) < 4.78 is 0. The Hall–Kier alpha value is -2.62. The number of carbonyl (C=O) groups is 2. The Kier molecular flexibility index (Phi) is 5.39. The van der Waals surface area contributed by atoms with Crippen LogP contribution in [0.15, 0.2) is 60.7 Å². The van der Waals surface area contributed by atoms with Crippen molar-refractivity contribution in [2.75, 3.05) is 6.54 Å². The number of benzene rings is 2. The zero-order valence-electron chi connectivity index (χ0n) is 14.7. The molecule has 0 radical (unpaired) electrons. The average molecular weight is 324 g/mol. The van der Waals surface area contributed by atoms with Crippen molar-refractivity contribution in [1.29, 1.82) is 0 Å². The van der Waals surface area contributed by atoms with Crippen molar-refractivity contribution in [2.45, 2.75) is 33.2 Å². The second-order valence-corrected chi connectivity index (χ2v) is 6.54. The Morgan fingerprint density at radius 3 is 1.58 bits per heavy atom. The van der Waals surface area contributed by atoms with Crippen molar-refractivity contribution in [3.63, 3.8) is 0 Å². The maximum absolute atomic E-state index is 13.1. The van der Waals surface area contributed by atoms with E-state index >= 15 is 0 Å². The number of nitrogens with zero attached hydrogens (tertiary/aromatic N) is 2. The van der Waals surface area contributed by atoms with Gasteiger partial charge in [0.1, 0.15) is 0 Å². The van der Waals surface area contributed by atoms with Gasteiger partial charge in [-0.2, -0.15) is 0 Å². The molecule has 0 saturated carbocycles. The Labute approximate surface area is 143 Å². The number of amides is 2. The summed E-state index contributed by atoms with van der Waals surface area (Å²) in [5.41, 5.74) is 0.592. The molecule has 4 heteroatoms. The molecule has 0 fully saturated rings. The van der Waals surface area contributed by atoms with Gasteiger partial charge in [-0.3, -0.25) is 9.59 Å². The van der Waals surface area contributed by atoms with Gasteiger partial charge in [0.15, 0.2) is 0 Å². The fraction of sp³-hybridized carbons (Fsp3) is 0.300. The zero-order valence-corrected chi connectivity index (χ0v) is 14.7. The van der Waals surface area contributed by atoms with Gasteiger partial charge in [-0.15, -0.1) is 0 Å². The number of hydrogen-bond donors (Lipinski definition) is 0. The maximum Gasteiger partial charge on any atom is 0.272 e. The summed E-state index contributed by atoms with van der Waals surface area (Å²) in [6.07, 6.45) is 0. The van der Waals surface area contributed by atoms with E-state index in [-0.39, 0.29) is 11.8 Å². The lowest BCUT2D eigenvalue weighted by atomic mass is 10.1. The first-order valence-corrected chi connectivity index (χ1v) is 8.12. The van der Waals surface area contributed by atoms with Crippen LogP contribution in [0.5, 0.6) is 0 Å². The van der Waals surface area contributed by atoms with Gasteiger partial charge >= 0.3 is 0 Å². The van der Waals surface area contributed by atoms with Crippen LogP contribution in [0.3, 0.4) is 0 Å². The predicted molar refractivity (Wildman–Crippen MR) is 95.5 cm³/mol. The minimum absolute atomic E-state index is 0.183. The molecule has 2 amide bonds. The molecule has 0 aliphatic carbocycles. The minimum Gasteiger partial charge on any atom is -0.267 e. The highest BCUT2D eigenvalue weighted by molar-refractivity contribution is 5.99. The van der Waals surface area contributed by atoms with Gasteiger partial charge in [-0.05, 0) is 52.0 Å². The molecule has 0 aromatic heterocycles. The van der Waals surface area contributed by atoms with Gasteiger partial charge in [0, 0.05) is 17.7 Å². The number of carbonyl (C=O) groups excluding carboxylic acids is 2. The van der Waals surface area contributed by atoms with Crippen LogP contribution in [0, 0.1) is 0 Å². The van der Waals surface area contributed by atoms with Crippen molar-refractivity contribution in [3.05, 3.63) is 71.8 Å². The third kappa shape index (κ3) is 3.82.